The highest BCUT2D eigenvalue weighted by atomic mass is 32.1. The van der Waals surface area contributed by atoms with E-state index in [4.69, 9.17) is 5.73 Å². The minimum absolute atomic E-state index is 0.0785. The van der Waals surface area contributed by atoms with Crippen molar-refractivity contribution < 1.29 is 17.6 Å². The number of thiophene rings is 1. The lowest BCUT2D eigenvalue weighted by atomic mass is 10.5. The van der Waals surface area contributed by atoms with Crippen molar-refractivity contribution in [3.63, 3.8) is 0 Å². The van der Waals surface area contributed by atoms with Gasteiger partial charge in [-0.2, -0.15) is 13.2 Å². The summed E-state index contributed by atoms with van der Waals surface area (Å²) in [5.41, 5.74) is 5.52. The lowest BCUT2D eigenvalue weighted by molar-refractivity contribution is -0.156. The molecule has 3 nitrogen and oxygen atoms in total. The van der Waals surface area contributed by atoms with Crippen LogP contribution in [-0.4, -0.2) is 4.98 Å². The van der Waals surface area contributed by atoms with Gasteiger partial charge in [-0.05, 0) is 0 Å². The first-order valence-corrected chi connectivity index (χ1v) is 4.07. The first-order valence-electron chi connectivity index (χ1n) is 3.19. The molecule has 13 heavy (non-hydrogen) atoms. The zero-order chi connectivity index (χ0) is 9.64. The molecule has 7 heteroatoms. The normalized spacial score (nSPS) is 12.5. The molecule has 0 atom stereocenters. The van der Waals surface area contributed by atoms with Crippen molar-refractivity contribution in [1.29, 1.82) is 0 Å². The lowest BCUT2D eigenvalue weighted by Gasteiger charge is -1.97. The molecule has 0 aliphatic heterocycles. The summed E-state index contributed by atoms with van der Waals surface area (Å²) in [6.45, 7) is 0. The van der Waals surface area contributed by atoms with Crippen LogP contribution in [0.2, 0.25) is 0 Å². The Bertz CT molecular complexity index is 444. The van der Waals surface area contributed by atoms with E-state index in [0.29, 0.717) is 0 Å². The molecule has 0 radical (unpaired) electrons. The SMILES string of the molecule is Nc1scc2oc(C(F)(F)F)nc12. The number of aromatic nitrogens is 1. The van der Waals surface area contributed by atoms with Gasteiger partial charge in [-0.1, -0.05) is 0 Å². The Balaban J connectivity index is 2.63. The predicted molar refractivity (Wildman–Crippen MR) is 41.3 cm³/mol. The van der Waals surface area contributed by atoms with E-state index in [0.717, 1.165) is 11.3 Å². The number of nitrogens with two attached hydrogens (primary N) is 1. The molecule has 0 aromatic carbocycles. The van der Waals surface area contributed by atoms with Gasteiger partial charge in [0, 0.05) is 5.38 Å². The third-order valence-electron chi connectivity index (χ3n) is 1.42. The summed E-state index contributed by atoms with van der Waals surface area (Å²) in [6.07, 6.45) is -4.55. The summed E-state index contributed by atoms with van der Waals surface area (Å²) < 4.78 is 40.6. The highest BCUT2D eigenvalue weighted by Gasteiger charge is 2.37. The molecule has 70 valence electrons. The van der Waals surface area contributed by atoms with Crippen LogP contribution in [0.1, 0.15) is 5.89 Å². The van der Waals surface area contributed by atoms with E-state index in [2.05, 4.69) is 9.40 Å². The molecule has 0 amide bonds. The number of nitrogen functional groups attached to an aromatic ring is 1. The molecule has 0 aliphatic rings. The number of hydrogen-bond donors (Lipinski definition) is 1. The smallest absolute Gasteiger partial charge is 0.432 e. The number of nitrogens with zero attached hydrogens (tertiary/aromatic N) is 1. The molecule has 2 aromatic heterocycles. The van der Waals surface area contributed by atoms with Gasteiger partial charge in [-0.3, -0.25) is 0 Å². The minimum Gasteiger partial charge on any atom is -0.432 e. The molecular formula is C6H3F3N2OS. The van der Waals surface area contributed by atoms with Gasteiger partial charge in [0.2, 0.25) is 0 Å². The summed E-state index contributed by atoms with van der Waals surface area (Å²) in [5.74, 6) is -1.25. The van der Waals surface area contributed by atoms with Crippen LogP contribution < -0.4 is 5.73 Å². The second kappa shape index (κ2) is 2.38. The van der Waals surface area contributed by atoms with Gasteiger partial charge >= 0.3 is 12.1 Å². The van der Waals surface area contributed by atoms with Crippen LogP contribution >= 0.6 is 11.3 Å². The second-order valence-corrected chi connectivity index (χ2v) is 3.24. The van der Waals surface area contributed by atoms with Crippen LogP contribution in [0, 0.1) is 0 Å². The van der Waals surface area contributed by atoms with Crippen LogP contribution in [-0.2, 0) is 6.18 Å². The van der Waals surface area contributed by atoms with Gasteiger partial charge < -0.3 is 10.2 Å². The number of rotatable bonds is 0. The molecule has 0 unspecified atom stereocenters. The van der Waals surface area contributed by atoms with Gasteiger partial charge in [0.1, 0.15) is 10.5 Å². The quantitative estimate of drug-likeness (QED) is 0.723. The van der Waals surface area contributed by atoms with E-state index >= 15 is 0 Å². The van der Waals surface area contributed by atoms with Crippen molar-refractivity contribution in [2.75, 3.05) is 5.73 Å². The molecule has 0 spiro atoms. The summed E-state index contributed by atoms with van der Waals surface area (Å²) in [7, 11) is 0. The third kappa shape index (κ3) is 1.24. The average Bonchev–Trinajstić information content (AvgIpc) is 2.51. The fourth-order valence-corrected chi connectivity index (χ4v) is 1.53. The number of fused-ring (bicyclic) bond motifs is 1. The summed E-state index contributed by atoms with van der Waals surface area (Å²) in [5, 5.41) is 1.63. The van der Waals surface area contributed by atoms with Crippen molar-refractivity contribution >= 4 is 27.4 Å². The van der Waals surface area contributed by atoms with Gasteiger partial charge in [-0.25, -0.2) is 4.98 Å². The highest BCUT2D eigenvalue weighted by Crippen LogP contribution is 2.35. The summed E-state index contributed by atoms with van der Waals surface area (Å²) >= 11 is 1.10. The topological polar surface area (TPSA) is 52.0 Å². The molecule has 2 N–H and O–H groups in total. The van der Waals surface area contributed by atoms with Crippen LogP contribution in [0.4, 0.5) is 18.2 Å². The number of anilines is 1. The van der Waals surface area contributed by atoms with Crippen molar-refractivity contribution in [1.82, 2.24) is 4.98 Å². The Hall–Kier alpha value is -1.24. The molecule has 0 aliphatic carbocycles. The molecule has 0 saturated carbocycles. The van der Waals surface area contributed by atoms with Crippen molar-refractivity contribution in [2.45, 2.75) is 6.18 Å². The van der Waals surface area contributed by atoms with Crippen LogP contribution in [0.3, 0.4) is 0 Å². The fourth-order valence-electron chi connectivity index (χ4n) is 0.882. The minimum atomic E-state index is -4.55. The highest BCUT2D eigenvalue weighted by molar-refractivity contribution is 7.15. The molecule has 2 heterocycles. The molecule has 0 bridgehead atoms. The summed E-state index contributed by atoms with van der Waals surface area (Å²) in [4.78, 5) is 3.24. The molecule has 2 aromatic rings. The van der Waals surface area contributed by atoms with E-state index in [1.807, 2.05) is 0 Å². The van der Waals surface area contributed by atoms with Gasteiger partial charge in [0.15, 0.2) is 5.58 Å². The van der Waals surface area contributed by atoms with Gasteiger partial charge in [0.05, 0.1) is 0 Å². The Morgan fingerprint density at radius 2 is 2.15 bits per heavy atom. The number of oxazole rings is 1. The summed E-state index contributed by atoms with van der Waals surface area (Å²) in [6, 6.07) is 0. The zero-order valence-corrected chi connectivity index (χ0v) is 6.87. The monoisotopic (exact) mass is 208 g/mol. The zero-order valence-electron chi connectivity index (χ0n) is 6.05. The average molecular weight is 208 g/mol. The number of halogens is 3. The lowest BCUT2D eigenvalue weighted by Crippen LogP contribution is -2.04. The second-order valence-electron chi connectivity index (χ2n) is 2.33. The van der Waals surface area contributed by atoms with E-state index in [-0.39, 0.29) is 16.1 Å². The molecule has 0 saturated heterocycles. The van der Waals surface area contributed by atoms with E-state index in [9.17, 15) is 13.2 Å². The molecular weight excluding hydrogens is 205 g/mol. The van der Waals surface area contributed by atoms with Crippen LogP contribution in [0.15, 0.2) is 9.80 Å². The van der Waals surface area contributed by atoms with Gasteiger partial charge in [0.25, 0.3) is 0 Å². The first kappa shape index (κ1) is 8.36. The van der Waals surface area contributed by atoms with Crippen LogP contribution in [0.25, 0.3) is 11.1 Å². The van der Waals surface area contributed by atoms with E-state index in [1.165, 1.54) is 5.38 Å². The fraction of sp³-hybridized carbons (Fsp3) is 0.167. The maximum absolute atomic E-state index is 12.0. The largest absolute Gasteiger partial charge is 0.468 e. The number of alkyl halides is 3. The Kier molecular flexibility index (Phi) is 1.53. The standard InChI is InChI=1S/C6H3F3N2OS/c7-6(8,9)5-11-3-2(12-5)1-13-4(3)10/h1H,10H2. The molecule has 0 fully saturated rings. The predicted octanol–water partition coefficient (Wildman–Crippen LogP) is 2.49. The van der Waals surface area contributed by atoms with Crippen molar-refractivity contribution in [2.24, 2.45) is 0 Å². The first-order chi connectivity index (χ1) is 5.98. The Morgan fingerprint density at radius 1 is 1.46 bits per heavy atom. The van der Waals surface area contributed by atoms with Crippen molar-refractivity contribution in [3.8, 4) is 0 Å². The van der Waals surface area contributed by atoms with Crippen LogP contribution in [0.5, 0.6) is 0 Å². The van der Waals surface area contributed by atoms with Crippen molar-refractivity contribution in [3.05, 3.63) is 11.3 Å². The maximum atomic E-state index is 12.0. The maximum Gasteiger partial charge on any atom is 0.468 e. The van der Waals surface area contributed by atoms with E-state index in [1.54, 1.807) is 0 Å². The molecule has 2 rings (SSSR count). The number of hydrogen-bond acceptors (Lipinski definition) is 4. The third-order valence-corrected chi connectivity index (χ3v) is 2.20. The Labute approximate surface area is 74.0 Å². The Morgan fingerprint density at radius 3 is 2.69 bits per heavy atom. The van der Waals surface area contributed by atoms with E-state index < -0.39 is 12.1 Å². The van der Waals surface area contributed by atoms with Gasteiger partial charge in [-0.15, -0.1) is 11.3 Å².